The van der Waals surface area contributed by atoms with E-state index >= 15 is 0 Å². The Bertz CT molecular complexity index is 1070. The lowest BCUT2D eigenvalue weighted by molar-refractivity contribution is -0.137. The Morgan fingerprint density at radius 2 is 1.43 bits per heavy atom. The van der Waals surface area contributed by atoms with Crippen LogP contribution in [0.2, 0.25) is 6.04 Å². The predicted octanol–water partition coefficient (Wildman–Crippen LogP) is 10.4. The van der Waals surface area contributed by atoms with E-state index in [1.54, 1.807) is 0 Å². The molecule has 1 aliphatic carbocycles. The highest BCUT2D eigenvalue weighted by Gasteiger charge is 2.39. The standard InChI is InChI=1S/C38H58O5Si/c1-5-9-12-17-32-20-25-34(26-21-32)36-18-13-14-19-37(36)35-27-22-33(23-28-35)24-29-38(39)40-30-15-10-11-16-31-44(41-6-2,42-7-3)43-8-4/h13-14,18-19,22-24,27-29,32,34H,5-12,15-17,20-21,25-26,30-31H2,1-4H3/b29-24+. The van der Waals surface area contributed by atoms with Gasteiger partial charge in [0.1, 0.15) is 0 Å². The van der Waals surface area contributed by atoms with Gasteiger partial charge in [-0.05, 0) is 99.5 Å². The molecule has 44 heavy (non-hydrogen) atoms. The van der Waals surface area contributed by atoms with Crippen LogP contribution < -0.4 is 0 Å². The normalized spacial score (nSPS) is 17.3. The van der Waals surface area contributed by atoms with Crippen molar-refractivity contribution >= 4 is 20.8 Å². The minimum Gasteiger partial charge on any atom is -0.463 e. The highest BCUT2D eigenvalue weighted by Crippen LogP contribution is 2.41. The predicted molar refractivity (Wildman–Crippen MR) is 185 cm³/mol. The van der Waals surface area contributed by atoms with Crippen molar-refractivity contribution in [1.82, 2.24) is 0 Å². The van der Waals surface area contributed by atoms with E-state index in [0.717, 1.165) is 43.2 Å². The van der Waals surface area contributed by atoms with Crippen LogP contribution in [0.25, 0.3) is 17.2 Å². The number of esters is 1. The highest BCUT2D eigenvalue weighted by molar-refractivity contribution is 6.60. The lowest BCUT2D eigenvalue weighted by atomic mass is 9.75. The van der Waals surface area contributed by atoms with Crippen molar-refractivity contribution < 1.29 is 22.8 Å². The van der Waals surface area contributed by atoms with E-state index in [9.17, 15) is 4.79 Å². The third-order valence-electron chi connectivity index (χ3n) is 8.81. The second-order valence-electron chi connectivity index (χ2n) is 12.1. The summed E-state index contributed by atoms with van der Waals surface area (Å²) in [5, 5.41) is 0. The SMILES string of the molecule is CCCCCC1CCC(c2ccccc2-c2ccc(/C=C/C(=O)OCCCCCC[Si](OCC)(OCC)OCC)cc2)CC1. The average Bonchev–Trinajstić information content (AvgIpc) is 3.04. The summed E-state index contributed by atoms with van der Waals surface area (Å²) in [6.45, 7) is 10.5. The molecule has 0 bridgehead atoms. The van der Waals surface area contributed by atoms with Gasteiger partial charge in [-0.25, -0.2) is 4.79 Å². The van der Waals surface area contributed by atoms with Crippen LogP contribution in [-0.2, 0) is 22.8 Å². The topological polar surface area (TPSA) is 54.0 Å². The van der Waals surface area contributed by atoms with Gasteiger partial charge in [0.25, 0.3) is 0 Å². The minimum absolute atomic E-state index is 0.291. The summed E-state index contributed by atoms with van der Waals surface area (Å²) in [5.41, 5.74) is 5.08. The summed E-state index contributed by atoms with van der Waals surface area (Å²) >= 11 is 0. The number of rotatable bonds is 21. The molecule has 3 rings (SSSR count). The molecule has 1 aliphatic rings. The second-order valence-corrected chi connectivity index (χ2v) is 14.8. The molecule has 0 atom stereocenters. The Labute approximate surface area is 269 Å². The fourth-order valence-corrected chi connectivity index (χ4v) is 9.20. The Balaban J connectivity index is 1.40. The average molecular weight is 623 g/mol. The molecular formula is C38H58O5Si. The van der Waals surface area contributed by atoms with Gasteiger partial charge in [0.15, 0.2) is 0 Å². The van der Waals surface area contributed by atoms with Gasteiger partial charge in [-0.1, -0.05) is 94.0 Å². The number of hydrogen-bond acceptors (Lipinski definition) is 5. The molecule has 2 aromatic carbocycles. The lowest BCUT2D eigenvalue weighted by Crippen LogP contribution is -2.45. The molecule has 1 fully saturated rings. The van der Waals surface area contributed by atoms with Crippen molar-refractivity contribution in [2.24, 2.45) is 5.92 Å². The van der Waals surface area contributed by atoms with Gasteiger partial charge in [0.2, 0.25) is 0 Å². The third-order valence-corrected chi connectivity index (χ3v) is 12.0. The monoisotopic (exact) mass is 622 g/mol. The fraction of sp³-hybridized carbons (Fsp3) is 0.605. The molecule has 0 N–H and O–H groups in total. The van der Waals surface area contributed by atoms with E-state index in [0.29, 0.717) is 32.3 Å². The van der Waals surface area contributed by atoms with Gasteiger partial charge >= 0.3 is 14.8 Å². The minimum atomic E-state index is -2.56. The van der Waals surface area contributed by atoms with Gasteiger partial charge in [-0.3, -0.25) is 0 Å². The van der Waals surface area contributed by atoms with Crippen LogP contribution in [-0.4, -0.2) is 41.2 Å². The number of carbonyl (C=O) groups excluding carboxylic acids is 1. The van der Waals surface area contributed by atoms with E-state index in [-0.39, 0.29) is 5.97 Å². The first-order chi connectivity index (χ1) is 21.5. The van der Waals surface area contributed by atoms with E-state index < -0.39 is 8.80 Å². The van der Waals surface area contributed by atoms with E-state index in [2.05, 4.69) is 55.5 Å². The van der Waals surface area contributed by atoms with Crippen molar-refractivity contribution in [3.05, 3.63) is 65.7 Å². The number of benzene rings is 2. The molecule has 5 nitrogen and oxygen atoms in total. The van der Waals surface area contributed by atoms with Crippen molar-refractivity contribution in [2.45, 2.75) is 117 Å². The van der Waals surface area contributed by atoms with E-state index in [4.69, 9.17) is 18.0 Å². The summed E-state index contributed by atoms with van der Waals surface area (Å²) in [4.78, 5) is 12.3. The summed E-state index contributed by atoms with van der Waals surface area (Å²) in [6.07, 6.45) is 18.1. The molecule has 0 unspecified atom stereocenters. The Kier molecular flexibility index (Phi) is 17.1. The lowest BCUT2D eigenvalue weighted by Gasteiger charge is -2.30. The van der Waals surface area contributed by atoms with E-state index in [1.165, 1.54) is 74.1 Å². The van der Waals surface area contributed by atoms with Crippen molar-refractivity contribution in [3.8, 4) is 11.1 Å². The molecule has 0 aliphatic heterocycles. The zero-order chi connectivity index (χ0) is 31.5. The van der Waals surface area contributed by atoms with Gasteiger partial charge in [0, 0.05) is 31.9 Å². The summed E-state index contributed by atoms with van der Waals surface area (Å²) < 4.78 is 23.2. The van der Waals surface area contributed by atoms with Crippen molar-refractivity contribution in [1.29, 1.82) is 0 Å². The third kappa shape index (κ3) is 12.3. The summed E-state index contributed by atoms with van der Waals surface area (Å²) in [6, 6.07) is 18.3. The van der Waals surface area contributed by atoms with Crippen LogP contribution >= 0.6 is 0 Å². The zero-order valence-electron chi connectivity index (χ0n) is 28.0. The van der Waals surface area contributed by atoms with Crippen LogP contribution in [0.1, 0.15) is 122 Å². The molecule has 2 aromatic rings. The van der Waals surface area contributed by atoms with Crippen LogP contribution in [0.4, 0.5) is 0 Å². The quantitative estimate of drug-likeness (QED) is 0.0600. The van der Waals surface area contributed by atoms with Crippen molar-refractivity contribution in [3.63, 3.8) is 0 Å². The van der Waals surface area contributed by atoms with Gasteiger partial charge in [-0.2, -0.15) is 0 Å². The Morgan fingerprint density at radius 3 is 2.09 bits per heavy atom. The van der Waals surface area contributed by atoms with Gasteiger partial charge in [0.05, 0.1) is 6.61 Å². The first-order valence-corrected chi connectivity index (χ1v) is 19.4. The smallest absolute Gasteiger partial charge is 0.463 e. The molecule has 0 spiro atoms. The van der Waals surface area contributed by atoms with Gasteiger partial charge < -0.3 is 18.0 Å². The molecule has 0 aromatic heterocycles. The maximum absolute atomic E-state index is 12.3. The number of hydrogen-bond donors (Lipinski definition) is 0. The maximum Gasteiger partial charge on any atom is 0.500 e. The van der Waals surface area contributed by atoms with Crippen LogP contribution in [0.15, 0.2) is 54.6 Å². The number of unbranched alkanes of at least 4 members (excludes halogenated alkanes) is 5. The fourth-order valence-electron chi connectivity index (χ4n) is 6.52. The molecule has 0 amide bonds. The second kappa shape index (κ2) is 20.7. The van der Waals surface area contributed by atoms with E-state index in [1.807, 2.05) is 26.8 Å². The first-order valence-electron chi connectivity index (χ1n) is 17.5. The number of carbonyl (C=O) groups is 1. The Hall–Kier alpha value is -2.25. The molecule has 244 valence electrons. The largest absolute Gasteiger partial charge is 0.500 e. The summed E-state index contributed by atoms with van der Waals surface area (Å²) in [7, 11) is -2.56. The maximum atomic E-state index is 12.3. The van der Waals surface area contributed by atoms with Crippen LogP contribution in [0.5, 0.6) is 0 Å². The molecule has 0 saturated heterocycles. The van der Waals surface area contributed by atoms with Crippen molar-refractivity contribution in [2.75, 3.05) is 26.4 Å². The van der Waals surface area contributed by atoms with Crippen LogP contribution in [0.3, 0.4) is 0 Å². The highest BCUT2D eigenvalue weighted by atomic mass is 28.4. The molecule has 6 heteroatoms. The Morgan fingerprint density at radius 1 is 0.773 bits per heavy atom. The first kappa shape index (κ1) is 36.2. The number of ether oxygens (including phenoxy) is 1. The van der Waals surface area contributed by atoms with Crippen LogP contribution in [0, 0.1) is 5.92 Å². The molecular weight excluding hydrogens is 564 g/mol. The van der Waals surface area contributed by atoms with Gasteiger partial charge in [-0.15, -0.1) is 0 Å². The molecule has 0 radical (unpaired) electrons. The molecule has 1 saturated carbocycles. The summed E-state index contributed by atoms with van der Waals surface area (Å²) in [5.74, 6) is 1.28. The molecule has 0 heterocycles. The zero-order valence-corrected chi connectivity index (χ0v) is 29.0.